The van der Waals surface area contributed by atoms with E-state index in [0.717, 1.165) is 5.56 Å². The van der Waals surface area contributed by atoms with Crippen LogP contribution in [0.3, 0.4) is 0 Å². The summed E-state index contributed by atoms with van der Waals surface area (Å²) in [6.45, 7) is 1.76. The molecular weight excluding hydrogens is 237 g/mol. The maximum Gasteiger partial charge on any atom is 0.335 e. The topological polar surface area (TPSA) is 59.4 Å². The van der Waals surface area contributed by atoms with Crippen LogP contribution in [0.4, 0.5) is 4.39 Å². The van der Waals surface area contributed by atoms with E-state index in [1.807, 2.05) is 0 Å². The van der Waals surface area contributed by atoms with Crippen molar-refractivity contribution in [2.75, 3.05) is 0 Å². The molecule has 0 aliphatic carbocycles. The van der Waals surface area contributed by atoms with Gasteiger partial charge in [0, 0.05) is 18.3 Å². The summed E-state index contributed by atoms with van der Waals surface area (Å²) in [5, 5.41) is 8.83. The van der Waals surface area contributed by atoms with E-state index in [1.54, 1.807) is 13.0 Å². The summed E-state index contributed by atoms with van der Waals surface area (Å²) in [5.41, 5.74) is 0.799. The number of halogens is 1. The van der Waals surface area contributed by atoms with Crippen molar-refractivity contribution in [3.8, 4) is 11.6 Å². The Morgan fingerprint density at radius 1 is 1.33 bits per heavy atom. The van der Waals surface area contributed by atoms with Gasteiger partial charge in [0.25, 0.3) is 0 Å². The Morgan fingerprint density at radius 3 is 2.83 bits per heavy atom. The average molecular weight is 247 g/mol. The lowest BCUT2D eigenvalue weighted by Gasteiger charge is -2.08. The maximum absolute atomic E-state index is 13.1. The van der Waals surface area contributed by atoms with Crippen molar-refractivity contribution in [2.24, 2.45) is 0 Å². The van der Waals surface area contributed by atoms with E-state index in [2.05, 4.69) is 4.98 Å². The molecule has 0 amide bonds. The molecule has 1 N–H and O–H groups in total. The second-order valence-electron chi connectivity index (χ2n) is 3.70. The third-order valence-electron chi connectivity index (χ3n) is 2.35. The molecule has 0 atom stereocenters. The summed E-state index contributed by atoms with van der Waals surface area (Å²) >= 11 is 0. The van der Waals surface area contributed by atoms with Gasteiger partial charge in [0.1, 0.15) is 11.6 Å². The quantitative estimate of drug-likeness (QED) is 0.905. The fourth-order valence-corrected chi connectivity index (χ4v) is 1.39. The van der Waals surface area contributed by atoms with E-state index < -0.39 is 11.8 Å². The molecule has 18 heavy (non-hydrogen) atoms. The summed E-state index contributed by atoms with van der Waals surface area (Å²) in [6.07, 6.45) is 1.33. The first kappa shape index (κ1) is 12.0. The number of hydrogen-bond donors (Lipinski definition) is 1. The lowest BCUT2D eigenvalue weighted by molar-refractivity contribution is 0.0696. The molecule has 1 aromatic carbocycles. The lowest BCUT2D eigenvalue weighted by Crippen LogP contribution is -1.98. The monoisotopic (exact) mass is 247 g/mol. The zero-order valence-electron chi connectivity index (χ0n) is 9.55. The van der Waals surface area contributed by atoms with E-state index in [0.29, 0.717) is 5.75 Å². The van der Waals surface area contributed by atoms with Gasteiger partial charge in [-0.15, -0.1) is 0 Å². The van der Waals surface area contributed by atoms with Gasteiger partial charge in [0.2, 0.25) is 5.88 Å². The number of aromatic carboxylic acids is 1. The van der Waals surface area contributed by atoms with Crippen molar-refractivity contribution in [2.45, 2.75) is 6.92 Å². The highest BCUT2D eigenvalue weighted by Gasteiger charge is 2.08. The number of aromatic nitrogens is 1. The standard InChI is InChI=1S/C13H10FNO3/c1-8-2-3-10(14)7-11(8)18-12-6-9(13(16)17)4-5-15-12/h2-7H,1H3,(H,16,17). The number of pyridine rings is 1. The van der Waals surface area contributed by atoms with Crippen LogP contribution < -0.4 is 4.74 Å². The number of carbonyl (C=O) groups is 1. The lowest BCUT2D eigenvalue weighted by atomic mass is 10.2. The molecule has 2 rings (SSSR count). The minimum atomic E-state index is -1.07. The molecule has 0 saturated heterocycles. The third-order valence-corrected chi connectivity index (χ3v) is 2.35. The van der Waals surface area contributed by atoms with Crippen LogP contribution in [0.25, 0.3) is 0 Å². The Labute approximate surface area is 103 Å². The molecule has 0 spiro atoms. The summed E-state index contributed by atoms with van der Waals surface area (Å²) in [6, 6.07) is 6.76. The molecule has 0 aliphatic heterocycles. The first-order valence-corrected chi connectivity index (χ1v) is 5.19. The van der Waals surface area contributed by atoms with E-state index in [1.165, 1.54) is 30.5 Å². The Morgan fingerprint density at radius 2 is 2.11 bits per heavy atom. The van der Waals surface area contributed by atoms with Gasteiger partial charge in [-0.3, -0.25) is 0 Å². The molecule has 0 fully saturated rings. The first-order chi connectivity index (χ1) is 8.56. The molecule has 1 heterocycles. The largest absolute Gasteiger partial charge is 0.478 e. The van der Waals surface area contributed by atoms with Gasteiger partial charge in [-0.2, -0.15) is 0 Å². The smallest absolute Gasteiger partial charge is 0.335 e. The van der Waals surface area contributed by atoms with Crippen LogP contribution in [0.2, 0.25) is 0 Å². The Balaban J connectivity index is 2.31. The zero-order chi connectivity index (χ0) is 13.1. The van der Waals surface area contributed by atoms with Gasteiger partial charge in [0.15, 0.2) is 0 Å². The molecule has 4 nitrogen and oxygen atoms in total. The van der Waals surface area contributed by atoms with Crippen molar-refractivity contribution in [3.63, 3.8) is 0 Å². The number of carboxylic acids is 1. The van der Waals surface area contributed by atoms with Crippen molar-refractivity contribution in [1.29, 1.82) is 0 Å². The van der Waals surface area contributed by atoms with Crippen LogP contribution in [-0.4, -0.2) is 16.1 Å². The summed E-state index contributed by atoms with van der Waals surface area (Å²) in [4.78, 5) is 14.7. The number of rotatable bonds is 3. The average Bonchev–Trinajstić information content (AvgIpc) is 2.34. The van der Waals surface area contributed by atoms with Gasteiger partial charge in [0.05, 0.1) is 5.56 Å². The van der Waals surface area contributed by atoms with Crippen LogP contribution in [-0.2, 0) is 0 Å². The van der Waals surface area contributed by atoms with Crippen molar-refractivity contribution >= 4 is 5.97 Å². The fourth-order valence-electron chi connectivity index (χ4n) is 1.39. The minimum Gasteiger partial charge on any atom is -0.478 e. The van der Waals surface area contributed by atoms with Crippen LogP contribution >= 0.6 is 0 Å². The molecule has 0 aliphatic rings. The zero-order valence-corrected chi connectivity index (χ0v) is 9.55. The van der Waals surface area contributed by atoms with Crippen LogP contribution in [0, 0.1) is 12.7 Å². The first-order valence-electron chi connectivity index (χ1n) is 5.19. The molecule has 0 bridgehead atoms. The van der Waals surface area contributed by atoms with E-state index in [4.69, 9.17) is 9.84 Å². The molecule has 0 radical (unpaired) electrons. The Bertz CT molecular complexity index is 599. The number of carboxylic acid groups (broad SMARTS) is 1. The van der Waals surface area contributed by atoms with Crippen molar-refractivity contribution in [1.82, 2.24) is 4.98 Å². The number of ether oxygens (including phenoxy) is 1. The van der Waals surface area contributed by atoms with E-state index >= 15 is 0 Å². The highest BCUT2D eigenvalue weighted by Crippen LogP contribution is 2.24. The molecule has 1 aromatic heterocycles. The number of aryl methyl sites for hydroxylation is 1. The van der Waals surface area contributed by atoms with Gasteiger partial charge >= 0.3 is 5.97 Å². The highest BCUT2D eigenvalue weighted by molar-refractivity contribution is 5.87. The van der Waals surface area contributed by atoms with E-state index in [-0.39, 0.29) is 11.4 Å². The van der Waals surface area contributed by atoms with Crippen molar-refractivity contribution in [3.05, 3.63) is 53.5 Å². The van der Waals surface area contributed by atoms with Gasteiger partial charge in [-0.1, -0.05) is 6.07 Å². The summed E-state index contributed by atoms with van der Waals surface area (Å²) in [7, 11) is 0. The Kier molecular flexibility index (Phi) is 3.23. The maximum atomic E-state index is 13.1. The Hall–Kier alpha value is -2.43. The number of nitrogens with zero attached hydrogens (tertiary/aromatic N) is 1. The van der Waals surface area contributed by atoms with Crippen LogP contribution in [0.1, 0.15) is 15.9 Å². The molecule has 92 valence electrons. The SMILES string of the molecule is Cc1ccc(F)cc1Oc1cc(C(=O)O)ccn1. The second kappa shape index (κ2) is 4.83. The second-order valence-corrected chi connectivity index (χ2v) is 3.70. The van der Waals surface area contributed by atoms with Gasteiger partial charge in [-0.25, -0.2) is 14.2 Å². The predicted molar refractivity (Wildman–Crippen MR) is 62.4 cm³/mol. The number of hydrogen-bond acceptors (Lipinski definition) is 3. The molecule has 0 unspecified atom stereocenters. The third kappa shape index (κ3) is 2.63. The highest BCUT2D eigenvalue weighted by atomic mass is 19.1. The van der Waals surface area contributed by atoms with Gasteiger partial charge < -0.3 is 9.84 Å². The predicted octanol–water partition coefficient (Wildman–Crippen LogP) is 3.02. The van der Waals surface area contributed by atoms with Crippen LogP contribution in [0.15, 0.2) is 36.5 Å². The van der Waals surface area contributed by atoms with Gasteiger partial charge in [-0.05, 0) is 24.6 Å². The summed E-state index contributed by atoms with van der Waals surface area (Å²) in [5.74, 6) is -1.07. The molecule has 0 saturated carbocycles. The fraction of sp³-hybridized carbons (Fsp3) is 0.0769. The normalized spacial score (nSPS) is 10.1. The summed E-state index contributed by atoms with van der Waals surface area (Å²) < 4.78 is 18.4. The minimum absolute atomic E-state index is 0.0639. The molecular formula is C13H10FNO3. The molecule has 2 aromatic rings. The van der Waals surface area contributed by atoms with Crippen molar-refractivity contribution < 1.29 is 19.0 Å². The molecule has 5 heteroatoms. The van der Waals surface area contributed by atoms with E-state index in [9.17, 15) is 9.18 Å². The van der Waals surface area contributed by atoms with Crippen LogP contribution in [0.5, 0.6) is 11.6 Å². The number of benzene rings is 1.